The minimum atomic E-state index is -0.115. The molecule has 0 unspecified atom stereocenters. The van der Waals surface area contributed by atoms with Crippen molar-refractivity contribution in [1.29, 1.82) is 0 Å². The molecule has 0 radical (unpaired) electrons. The van der Waals surface area contributed by atoms with Gasteiger partial charge in [-0.2, -0.15) is 5.10 Å². The van der Waals surface area contributed by atoms with Crippen LogP contribution in [0.25, 0.3) is 33.1 Å². The fourth-order valence-electron chi connectivity index (χ4n) is 4.10. The molecule has 0 aliphatic heterocycles. The van der Waals surface area contributed by atoms with Crippen LogP contribution in [0.15, 0.2) is 79.0 Å². The zero-order chi connectivity index (χ0) is 22.1. The van der Waals surface area contributed by atoms with Crippen molar-refractivity contribution in [3.05, 3.63) is 90.1 Å². The lowest BCUT2D eigenvalue weighted by molar-refractivity contribution is -0.116. The van der Waals surface area contributed by atoms with Crippen LogP contribution in [0.2, 0.25) is 0 Å². The van der Waals surface area contributed by atoms with Crippen LogP contribution in [0.1, 0.15) is 18.1 Å². The lowest BCUT2D eigenvalue weighted by Crippen LogP contribution is -2.19. The summed E-state index contributed by atoms with van der Waals surface area (Å²) < 4.78 is 1.81. The molecule has 2 heterocycles. The summed E-state index contributed by atoms with van der Waals surface area (Å²) in [5.74, 6) is -0.115. The SMILES string of the molecule is CCc1ccc2ncc3c(-c4ccccc4)nn(CC(=O)Nc4cccc(C)c4)c3c2c1. The van der Waals surface area contributed by atoms with Crippen LogP contribution in [-0.2, 0) is 17.8 Å². The molecule has 0 aliphatic rings. The number of hydrogen-bond acceptors (Lipinski definition) is 3. The number of rotatable bonds is 5. The largest absolute Gasteiger partial charge is 0.324 e. The van der Waals surface area contributed by atoms with Crippen molar-refractivity contribution in [3.8, 4) is 11.3 Å². The third kappa shape index (κ3) is 3.73. The molecule has 0 aliphatic carbocycles. The van der Waals surface area contributed by atoms with Gasteiger partial charge in [0.1, 0.15) is 12.2 Å². The van der Waals surface area contributed by atoms with E-state index in [9.17, 15) is 4.79 Å². The molecule has 5 rings (SSSR count). The summed E-state index contributed by atoms with van der Waals surface area (Å²) in [5, 5.41) is 9.84. The van der Waals surface area contributed by atoms with Crippen molar-refractivity contribution >= 4 is 33.4 Å². The molecule has 32 heavy (non-hydrogen) atoms. The molecular weight excluding hydrogens is 396 g/mol. The topological polar surface area (TPSA) is 59.8 Å². The number of fused-ring (bicyclic) bond motifs is 3. The van der Waals surface area contributed by atoms with Gasteiger partial charge < -0.3 is 5.32 Å². The summed E-state index contributed by atoms with van der Waals surface area (Å²) in [7, 11) is 0. The van der Waals surface area contributed by atoms with E-state index in [1.54, 1.807) is 0 Å². The van der Waals surface area contributed by atoms with Crippen molar-refractivity contribution in [2.24, 2.45) is 0 Å². The van der Waals surface area contributed by atoms with Crippen LogP contribution in [0.4, 0.5) is 5.69 Å². The minimum Gasteiger partial charge on any atom is -0.324 e. The van der Waals surface area contributed by atoms with E-state index in [4.69, 9.17) is 5.10 Å². The second-order valence-corrected chi connectivity index (χ2v) is 8.02. The highest BCUT2D eigenvalue weighted by atomic mass is 16.2. The van der Waals surface area contributed by atoms with Gasteiger partial charge in [0.05, 0.1) is 11.0 Å². The van der Waals surface area contributed by atoms with Crippen molar-refractivity contribution < 1.29 is 4.79 Å². The van der Waals surface area contributed by atoms with Gasteiger partial charge in [0, 0.05) is 28.2 Å². The van der Waals surface area contributed by atoms with E-state index in [0.717, 1.165) is 50.7 Å². The fourth-order valence-corrected chi connectivity index (χ4v) is 4.10. The molecule has 1 amide bonds. The molecule has 0 bridgehead atoms. The Morgan fingerprint density at radius 2 is 1.81 bits per heavy atom. The zero-order valence-corrected chi connectivity index (χ0v) is 18.2. The van der Waals surface area contributed by atoms with E-state index < -0.39 is 0 Å². The first-order valence-electron chi connectivity index (χ1n) is 10.8. The first kappa shape index (κ1) is 19.9. The summed E-state index contributed by atoms with van der Waals surface area (Å²) in [4.78, 5) is 17.6. The number of nitrogens with one attached hydrogen (secondary N) is 1. The number of anilines is 1. The first-order chi connectivity index (χ1) is 15.6. The summed E-state index contributed by atoms with van der Waals surface area (Å²) in [6, 6.07) is 24.1. The number of amides is 1. The third-order valence-electron chi connectivity index (χ3n) is 5.69. The summed E-state index contributed by atoms with van der Waals surface area (Å²) >= 11 is 0. The summed E-state index contributed by atoms with van der Waals surface area (Å²) in [6.45, 7) is 4.26. The number of carbonyl (C=O) groups excluding carboxylic acids is 1. The van der Waals surface area contributed by atoms with E-state index >= 15 is 0 Å². The molecule has 5 heteroatoms. The van der Waals surface area contributed by atoms with Gasteiger partial charge >= 0.3 is 0 Å². The molecular formula is C27H24N4O. The van der Waals surface area contributed by atoms with Crippen LogP contribution >= 0.6 is 0 Å². The van der Waals surface area contributed by atoms with Gasteiger partial charge in [-0.1, -0.05) is 55.5 Å². The predicted octanol–water partition coefficient (Wildman–Crippen LogP) is 5.76. The fraction of sp³-hybridized carbons (Fsp3) is 0.148. The summed E-state index contributed by atoms with van der Waals surface area (Å²) in [5.41, 5.74) is 6.78. The van der Waals surface area contributed by atoms with Gasteiger partial charge in [0.25, 0.3) is 0 Å². The zero-order valence-electron chi connectivity index (χ0n) is 18.2. The third-order valence-corrected chi connectivity index (χ3v) is 5.69. The second kappa shape index (κ2) is 8.27. The average molecular weight is 421 g/mol. The van der Waals surface area contributed by atoms with E-state index in [2.05, 4.69) is 29.4 Å². The van der Waals surface area contributed by atoms with Crippen molar-refractivity contribution in [2.45, 2.75) is 26.8 Å². The standard InChI is InChI=1S/C27H24N4O/c1-3-19-12-13-24-22(15-19)27-23(16-28-24)26(20-9-5-4-6-10-20)30-31(27)17-25(32)29-21-11-7-8-18(2)14-21/h4-16H,3,17H2,1-2H3,(H,29,32). The highest BCUT2D eigenvalue weighted by Gasteiger charge is 2.18. The molecule has 0 fully saturated rings. The number of carbonyl (C=O) groups is 1. The average Bonchev–Trinajstić information content (AvgIpc) is 3.18. The number of pyridine rings is 1. The molecule has 0 atom stereocenters. The van der Waals surface area contributed by atoms with Gasteiger partial charge in [-0.05, 0) is 48.7 Å². The van der Waals surface area contributed by atoms with Gasteiger partial charge in [0.15, 0.2) is 0 Å². The van der Waals surface area contributed by atoms with Crippen molar-refractivity contribution in [2.75, 3.05) is 5.32 Å². The second-order valence-electron chi connectivity index (χ2n) is 8.02. The Balaban J connectivity index is 1.64. The molecule has 158 valence electrons. The van der Waals surface area contributed by atoms with Crippen LogP contribution in [0.5, 0.6) is 0 Å². The van der Waals surface area contributed by atoms with Gasteiger partial charge in [-0.25, -0.2) is 0 Å². The maximum atomic E-state index is 13.0. The highest BCUT2D eigenvalue weighted by Crippen LogP contribution is 2.32. The lowest BCUT2D eigenvalue weighted by Gasteiger charge is -2.09. The number of nitrogens with zero attached hydrogens (tertiary/aromatic N) is 3. The number of benzene rings is 3. The Morgan fingerprint density at radius 3 is 2.59 bits per heavy atom. The molecule has 0 saturated heterocycles. The summed E-state index contributed by atoms with van der Waals surface area (Å²) in [6.07, 6.45) is 2.80. The lowest BCUT2D eigenvalue weighted by atomic mass is 10.0. The Bertz CT molecular complexity index is 1440. The molecule has 3 aromatic carbocycles. The van der Waals surface area contributed by atoms with Crippen LogP contribution in [-0.4, -0.2) is 20.7 Å². The smallest absolute Gasteiger partial charge is 0.246 e. The quantitative estimate of drug-likeness (QED) is 0.393. The number of aromatic nitrogens is 3. The minimum absolute atomic E-state index is 0.115. The van der Waals surface area contributed by atoms with Gasteiger partial charge in [-0.15, -0.1) is 0 Å². The van der Waals surface area contributed by atoms with Crippen LogP contribution in [0.3, 0.4) is 0 Å². The molecule has 2 aromatic heterocycles. The first-order valence-corrected chi connectivity index (χ1v) is 10.8. The number of aryl methyl sites for hydroxylation is 2. The molecule has 0 saturated carbocycles. The van der Waals surface area contributed by atoms with Gasteiger partial charge in [0.2, 0.25) is 5.91 Å². The normalized spacial score (nSPS) is 11.2. The van der Waals surface area contributed by atoms with Gasteiger partial charge in [-0.3, -0.25) is 14.5 Å². The Kier molecular flexibility index (Phi) is 5.15. The predicted molar refractivity (Wildman–Crippen MR) is 130 cm³/mol. The molecule has 1 N–H and O–H groups in total. The van der Waals surface area contributed by atoms with E-state index in [1.165, 1.54) is 5.56 Å². The molecule has 0 spiro atoms. The van der Waals surface area contributed by atoms with E-state index in [-0.39, 0.29) is 12.5 Å². The maximum absolute atomic E-state index is 13.0. The van der Waals surface area contributed by atoms with E-state index in [0.29, 0.717) is 0 Å². The van der Waals surface area contributed by atoms with E-state index in [1.807, 2.05) is 78.5 Å². The Labute approximate surface area is 186 Å². The monoisotopic (exact) mass is 420 g/mol. The molecule has 5 aromatic rings. The maximum Gasteiger partial charge on any atom is 0.246 e. The van der Waals surface area contributed by atoms with Crippen molar-refractivity contribution in [3.63, 3.8) is 0 Å². The number of hydrogen-bond donors (Lipinski definition) is 1. The van der Waals surface area contributed by atoms with Crippen LogP contribution < -0.4 is 5.32 Å². The van der Waals surface area contributed by atoms with Crippen LogP contribution in [0, 0.1) is 6.92 Å². The Morgan fingerprint density at radius 1 is 0.969 bits per heavy atom. The highest BCUT2D eigenvalue weighted by molar-refractivity contribution is 6.08. The van der Waals surface area contributed by atoms with Crippen molar-refractivity contribution in [1.82, 2.24) is 14.8 Å². The Hall–Kier alpha value is -3.99. The molecule has 5 nitrogen and oxygen atoms in total.